The molecule has 0 aromatic carbocycles. The van der Waals surface area contributed by atoms with Gasteiger partial charge in [0.15, 0.2) is 5.82 Å². The molecule has 2 N–H and O–H groups in total. The summed E-state index contributed by atoms with van der Waals surface area (Å²) in [7, 11) is 0. The molecule has 2 aliphatic carbocycles. The van der Waals surface area contributed by atoms with Crippen LogP contribution in [0.2, 0.25) is 0 Å². The van der Waals surface area contributed by atoms with Crippen LogP contribution in [0.4, 0.5) is 0 Å². The minimum Gasteiger partial charge on any atom is -0.335 e. The summed E-state index contributed by atoms with van der Waals surface area (Å²) >= 11 is 0. The maximum atomic E-state index is 6.16. The van der Waals surface area contributed by atoms with Crippen LogP contribution in [-0.2, 0) is 5.54 Å². The lowest BCUT2D eigenvalue weighted by molar-refractivity contribution is 0.229. The van der Waals surface area contributed by atoms with Gasteiger partial charge in [0, 0.05) is 6.08 Å². The highest BCUT2D eigenvalue weighted by molar-refractivity contribution is 5.44. The summed E-state index contributed by atoms with van der Waals surface area (Å²) in [6.45, 7) is 2.28. The van der Waals surface area contributed by atoms with Crippen molar-refractivity contribution in [2.75, 3.05) is 0 Å². The van der Waals surface area contributed by atoms with E-state index in [-0.39, 0.29) is 5.54 Å². The molecule has 4 heteroatoms. The summed E-state index contributed by atoms with van der Waals surface area (Å²) in [4.78, 5) is 4.41. The molecule has 92 valence electrons. The second-order valence-electron chi connectivity index (χ2n) is 5.62. The summed E-state index contributed by atoms with van der Waals surface area (Å²) in [5, 5.41) is 4.02. The SMILES string of the molecule is CC1CC/C(=C/c2nc(C3(N)CCC3)no2)C1. The quantitative estimate of drug-likeness (QED) is 0.852. The van der Waals surface area contributed by atoms with Crippen molar-refractivity contribution in [1.82, 2.24) is 10.1 Å². The number of aromatic nitrogens is 2. The van der Waals surface area contributed by atoms with E-state index in [1.807, 2.05) is 6.08 Å². The molecule has 0 saturated heterocycles. The molecule has 0 bridgehead atoms. The smallest absolute Gasteiger partial charge is 0.250 e. The summed E-state index contributed by atoms with van der Waals surface area (Å²) in [6, 6.07) is 0. The third-order valence-electron chi connectivity index (χ3n) is 4.03. The van der Waals surface area contributed by atoms with E-state index < -0.39 is 0 Å². The van der Waals surface area contributed by atoms with Crippen LogP contribution < -0.4 is 5.73 Å². The van der Waals surface area contributed by atoms with Crippen LogP contribution in [-0.4, -0.2) is 10.1 Å². The van der Waals surface area contributed by atoms with Crippen molar-refractivity contribution in [1.29, 1.82) is 0 Å². The second kappa shape index (κ2) is 3.95. The van der Waals surface area contributed by atoms with Crippen molar-refractivity contribution in [3.05, 3.63) is 17.3 Å². The largest absolute Gasteiger partial charge is 0.335 e. The molecular formula is C13H19N3O. The molecular weight excluding hydrogens is 214 g/mol. The van der Waals surface area contributed by atoms with Crippen molar-refractivity contribution in [2.45, 2.75) is 51.0 Å². The van der Waals surface area contributed by atoms with Crippen molar-refractivity contribution in [2.24, 2.45) is 11.7 Å². The van der Waals surface area contributed by atoms with Gasteiger partial charge in [-0.05, 0) is 44.4 Å². The monoisotopic (exact) mass is 233 g/mol. The van der Waals surface area contributed by atoms with Gasteiger partial charge in [-0.15, -0.1) is 0 Å². The van der Waals surface area contributed by atoms with Crippen molar-refractivity contribution >= 4 is 6.08 Å². The van der Waals surface area contributed by atoms with Crippen LogP contribution in [0.5, 0.6) is 0 Å². The Morgan fingerprint density at radius 1 is 1.47 bits per heavy atom. The third kappa shape index (κ3) is 2.02. The number of hydrogen-bond donors (Lipinski definition) is 1. The van der Waals surface area contributed by atoms with E-state index in [0.29, 0.717) is 11.7 Å². The average Bonchev–Trinajstić information content (AvgIpc) is 2.85. The predicted octanol–water partition coefficient (Wildman–Crippen LogP) is 2.61. The van der Waals surface area contributed by atoms with E-state index in [0.717, 1.165) is 31.6 Å². The Bertz CT molecular complexity index is 445. The number of nitrogens with zero attached hydrogens (tertiary/aromatic N) is 2. The Kier molecular flexibility index (Phi) is 2.54. The number of rotatable bonds is 2. The molecule has 17 heavy (non-hydrogen) atoms. The zero-order chi connectivity index (χ0) is 11.9. The highest BCUT2D eigenvalue weighted by Gasteiger charge is 2.38. The van der Waals surface area contributed by atoms with Crippen molar-refractivity contribution in [3.63, 3.8) is 0 Å². The van der Waals surface area contributed by atoms with Gasteiger partial charge in [-0.25, -0.2) is 0 Å². The second-order valence-corrected chi connectivity index (χ2v) is 5.62. The first-order chi connectivity index (χ1) is 8.16. The molecule has 0 aliphatic heterocycles. The Labute approximate surface area is 101 Å². The first-order valence-corrected chi connectivity index (χ1v) is 6.48. The molecule has 0 radical (unpaired) electrons. The van der Waals surface area contributed by atoms with Crippen LogP contribution >= 0.6 is 0 Å². The Balaban J connectivity index is 1.77. The van der Waals surface area contributed by atoms with Crippen LogP contribution in [0, 0.1) is 5.92 Å². The van der Waals surface area contributed by atoms with Crippen molar-refractivity contribution in [3.8, 4) is 0 Å². The first-order valence-electron chi connectivity index (χ1n) is 6.48. The maximum absolute atomic E-state index is 6.16. The molecule has 1 aromatic heterocycles. The summed E-state index contributed by atoms with van der Waals surface area (Å²) in [5.41, 5.74) is 7.27. The van der Waals surface area contributed by atoms with Crippen LogP contribution in [0.3, 0.4) is 0 Å². The molecule has 3 rings (SSSR count). The molecule has 1 aromatic rings. The van der Waals surface area contributed by atoms with E-state index >= 15 is 0 Å². The molecule has 2 saturated carbocycles. The van der Waals surface area contributed by atoms with Gasteiger partial charge in [0.2, 0.25) is 0 Å². The van der Waals surface area contributed by atoms with Crippen LogP contribution in [0.15, 0.2) is 10.1 Å². The van der Waals surface area contributed by atoms with Gasteiger partial charge in [0.05, 0.1) is 5.54 Å². The molecule has 4 nitrogen and oxygen atoms in total. The molecule has 2 fully saturated rings. The summed E-state index contributed by atoms with van der Waals surface area (Å²) in [6.07, 6.45) is 8.74. The summed E-state index contributed by atoms with van der Waals surface area (Å²) in [5.74, 6) is 2.10. The summed E-state index contributed by atoms with van der Waals surface area (Å²) < 4.78 is 5.27. The molecule has 1 atom stereocenters. The van der Waals surface area contributed by atoms with E-state index in [2.05, 4.69) is 17.1 Å². The van der Waals surface area contributed by atoms with Crippen molar-refractivity contribution < 1.29 is 4.52 Å². The van der Waals surface area contributed by atoms with E-state index in [1.54, 1.807) is 0 Å². The Morgan fingerprint density at radius 2 is 2.29 bits per heavy atom. The van der Waals surface area contributed by atoms with Gasteiger partial charge in [-0.1, -0.05) is 17.7 Å². The maximum Gasteiger partial charge on any atom is 0.250 e. The number of hydrogen-bond acceptors (Lipinski definition) is 4. The molecule has 1 unspecified atom stereocenters. The lowest BCUT2D eigenvalue weighted by Gasteiger charge is -2.34. The molecule has 0 amide bonds. The molecule has 0 spiro atoms. The third-order valence-corrected chi connectivity index (χ3v) is 4.03. The normalized spacial score (nSPS) is 29.5. The van der Waals surface area contributed by atoms with E-state index in [4.69, 9.17) is 10.3 Å². The highest BCUT2D eigenvalue weighted by atomic mass is 16.5. The standard InChI is InChI=1S/C13H19N3O/c1-9-3-4-10(7-9)8-11-15-12(16-17-11)13(14)5-2-6-13/h8-9H,2-7,14H2,1H3/b10-8-. The van der Waals surface area contributed by atoms with Crippen LogP contribution in [0.25, 0.3) is 6.08 Å². The topological polar surface area (TPSA) is 64.9 Å². The fraction of sp³-hybridized carbons (Fsp3) is 0.692. The Hall–Kier alpha value is -1.16. The zero-order valence-electron chi connectivity index (χ0n) is 10.3. The van der Waals surface area contributed by atoms with Crippen LogP contribution in [0.1, 0.15) is 57.2 Å². The first kappa shape index (κ1) is 11.0. The fourth-order valence-electron chi connectivity index (χ4n) is 2.67. The predicted molar refractivity (Wildman–Crippen MR) is 65.0 cm³/mol. The van der Waals surface area contributed by atoms with Gasteiger partial charge >= 0.3 is 0 Å². The number of nitrogens with two attached hydrogens (primary N) is 1. The number of allylic oxidation sites excluding steroid dienone is 1. The lowest BCUT2D eigenvalue weighted by atomic mass is 9.77. The van der Waals surface area contributed by atoms with E-state index in [1.165, 1.54) is 18.4 Å². The highest BCUT2D eigenvalue weighted by Crippen LogP contribution is 2.37. The van der Waals surface area contributed by atoms with Gasteiger partial charge < -0.3 is 10.3 Å². The molecule has 2 aliphatic rings. The van der Waals surface area contributed by atoms with Gasteiger partial charge in [0.1, 0.15) is 0 Å². The fourth-order valence-corrected chi connectivity index (χ4v) is 2.67. The van der Waals surface area contributed by atoms with E-state index in [9.17, 15) is 0 Å². The minimum atomic E-state index is -0.316. The van der Waals surface area contributed by atoms with Gasteiger partial charge in [-0.2, -0.15) is 4.98 Å². The lowest BCUT2D eigenvalue weighted by Crippen LogP contribution is -2.44. The average molecular weight is 233 g/mol. The molecule has 1 heterocycles. The minimum absolute atomic E-state index is 0.316. The van der Waals surface area contributed by atoms with Gasteiger partial charge in [-0.3, -0.25) is 0 Å². The van der Waals surface area contributed by atoms with Gasteiger partial charge in [0.25, 0.3) is 5.89 Å². The Morgan fingerprint density at radius 3 is 2.88 bits per heavy atom. The zero-order valence-corrected chi connectivity index (χ0v) is 10.3.